The van der Waals surface area contributed by atoms with Gasteiger partial charge in [0.1, 0.15) is 0 Å². The highest BCUT2D eigenvalue weighted by atomic mass is 32.1. The number of hydrogen-bond donors (Lipinski definition) is 0. The van der Waals surface area contributed by atoms with Gasteiger partial charge in [0.25, 0.3) is 0 Å². The molecule has 1 aliphatic carbocycles. The van der Waals surface area contributed by atoms with Crippen LogP contribution in [0.1, 0.15) is 32.1 Å². The van der Waals surface area contributed by atoms with Crippen molar-refractivity contribution in [2.24, 2.45) is 4.99 Å². The molecule has 0 atom stereocenters. The van der Waals surface area contributed by atoms with Crippen molar-refractivity contribution in [3.63, 3.8) is 0 Å². The van der Waals surface area contributed by atoms with Gasteiger partial charge >= 0.3 is 0 Å². The molecule has 11 heavy (non-hydrogen) atoms. The van der Waals surface area contributed by atoms with Crippen molar-refractivity contribution in [1.82, 2.24) is 0 Å². The average molecular weight is 167 g/mol. The summed E-state index contributed by atoms with van der Waals surface area (Å²) in [4.78, 5) is 3.89. The van der Waals surface area contributed by atoms with Crippen molar-refractivity contribution >= 4 is 17.4 Å². The fraction of sp³-hybridized carbons (Fsp3) is 0.667. The molecule has 0 aliphatic heterocycles. The molecule has 0 fully saturated rings. The van der Waals surface area contributed by atoms with E-state index in [1.165, 1.54) is 25.7 Å². The molecule has 0 aromatic rings. The molecule has 0 saturated heterocycles. The summed E-state index contributed by atoms with van der Waals surface area (Å²) in [6.45, 7) is 0.829. The van der Waals surface area contributed by atoms with E-state index in [-0.39, 0.29) is 0 Å². The van der Waals surface area contributed by atoms with Gasteiger partial charge in [-0.15, -0.1) is 0 Å². The Morgan fingerprint density at radius 3 is 3.09 bits per heavy atom. The van der Waals surface area contributed by atoms with Crippen LogP contribution < -0.4 is 0 Å². The quantitative estimate of drug-likeness (QED) is 0.357. The Balaban J connectivity index is 2.24. The maximum absolute atomic E-state index is 4.48. The summed E-state index contributed by atoms with van der Waals surface area (Å²) in [7, 11) is 0. The molecule has 0 saturated carbocycles. The Hall–Kier alpha value is -0.460. The van der Waals surface area contributed by atoms with Gasteiger partial charge in [-0.05, 0) is 44.3 Å². The Morgan fingerprint density at radius 1 is 1.55 bits per heavy atom. The molecule has 0 heterocycles. The second-order valence-electron chi connectivity index (χ2n) is 2.83. The SMILES string of the molecule is S=C=NCCC1=CCCCC1. The predicted molar refractivity (Wildman–Crippen MR) is 51.1 cm³/mol. The fourth-order valence-corrected chi connectivity index (χ4v) is 1.47. The summed E-state index contributed by atoms with van der Waals surface area (Å²) in [5.74, 6) is 0. The second kappa shape index (κ2) is 5.22. The van der Waals surface area contributed by atoms with Crippen LogP contribution in [-0.2, 0) is 0 Å². The van der Waals surface area contributed by atoms with E-state index in [0.717, 1.165) is 13.0 Å². The van der Waals surface area contributed by atoms with Crippen molar-refractivity contribution in [3.05, 3.63) is 11.6 Å². The molecule has 1 rings (SSSR count). The van der Waals surface area contributed by atoms with E-state index >= 15 is 0 Å². The summed E-state index contributed by atoms with van der Waals surface area (Å²) in [5, 5.41) is 2.39. The zero-order chi connectivity index (χ0) is 7.94. The number of hydrogen-bond acceptors (Lipinski definition) is 2. The molecule has 1 nitrogen and oxygen atoms in total. The first kappa shape index (κ1) is 8.63. The van der Waals surface area contributed by atoms with E-state index in [9.17, 15) is 0 Å². The molecule has 0 spiro atoms. The zero-order valence-corrected chi connectivity index (χ0v) is 7.49. The maximum atomic E-state index is 4.48. The lowest BCUT2D eigenvalue weighted by atomic mass is 9.97. The number of rotatable bonds is 3. The second-order valence-corrected chi connectivity index (χ2v) is 3.01. The van der Waals surface area contributed by atoms with Gasteiger partial charge in [0.05, 0.1) is 11.7 Å². The first-order valence-electron chi connectivity index (χ1n) is 4.15. The molecule has 0 amide bonds. The number of isothiocyanates is 1. The molecular weight excluding hydrogens is 154 g/mol. The van der Waals surface area contributed by atoms with Crippen molar-refractivity contribution in [2.45, 2.75) is 32.1 Å². The molecule has 0 unspecified atom stereocenters. The van der Waals surface area contributed by atoms with Crippen molar-refractivity contribution in [3.8, 4) is 0 Å². The first-order valence-corrected chi connectivity index (χ1v) is 4.56. The van der Waals surface area contributed by atoms with E-state index < -0.39 is 0 Å². The third-order valence-electron chi connectivity index (χ3n) is 1.99. The lowest BCUT2D eigenvalue weighted by molar-refractivity contribution is 0.677. The monoisotopic (exact) mass is 167 g/mol. The highest BCUT2D eigenvalue weighted by Crippen LogP contribution is 2.19. The summed E-state index contributed by atoms with van der Waals surface area (Å²) >= 11 is 4.48. The van der Waals surface area contributed by atoms with Crippen LogP contribution in [0, 0.1) is 0 Å². The molecule has 1 aliphatic rings. The molecule has 0 N–H and O–H groups in total. The van der Waals surface area contributed by atoms with Crippen molar-refractivity contribution < 1.29 is 0 Å². The normalized spacial score (nSPS) is 16.9. The van der Waals surface area contributed by atoms with Crippen LogP contribution in [0.5, 0.6) is 0 Å². The van der Waals surface area contributed by atoms with Gasteiger partial charge in [0.2, 0.25) is 0 Å². The van der Waals surface area contributed by atoms with Gasteiger partial charge in [-0.25, -0.2) is 4.99 Å². The Kier molecular flexibility index (Phi) is 4.10. The van der Waals surface area contributed by atoms with Gasteiger partial charge in [0, 0.05) is 0 Å². The van der Waals surface area contributed by atoms with Gasteiger partial charge in [-0.2, -0.15) is 0 Å². The first-order chi connectivity index (χ1) is 5.43. The Labute approximate surface area is 73.2 Å². The van der Waals surface area contributed by atoms with Crippen LogP contribution in [-0.4, -0.2) is 11.7 Å². The molecule has 2 heteroatoms. The van der Waals surface area contributed by atoms with Crippen LogP contribution in [0.15, 0.2) is 16.6 Å². The van der Waals surface area contributed by atoms with E-state index in [1.807, 2.05) is 0 Å². The standard InChI is InChI=1S/C9H13NS/c11-8-10-7-6-9-4-2-1-3-5-9/h4H,1-3,5-7H2. The summed E-state index contributed by atoms with van der Waals surface area (Å²) < 4.78 is 0. The molecule has 0 radical (unpaired) electrons. The van der Waals surface area contributed by atoms with Crippen LogP contribution in [0.4, 0.5) is 0 Å². The number of thiocarbonyl (C=S) groups is 1. The summed E-state index contributed by atoms with van der Waals surface area (Å²) in [6.07, 6.45) is 8.68. The highest BCUT2D eigenvalue weighted by Gasteiger charge is 2.01. The number of nitrogens with zero attached hydrogens (tertiary/aromatic N) is 1. The number of allylic oxidation sites excluding steroid dienone is 1. The molecule has 0 aromatic heterocycles. The van der Waals surface area contributed by atoms with E-state index in [4.69, 9.17) is 0 Å². The molecule has 0 aromatic carbocycles. The number of aliphatic imine (C=N–C) groups is 1. The van der Waals surface area contributed by atoms with Crippen LogP contribution in [0.3, 0.4) is 0 Å². The minimum atomic E-state index is 0.829. The summed E-state index contributed by atoms with van der Waals surface area (Å²) in [5.41, 5.74) is 1.56. The maximum Gasteiger partial charge on any atom is 0.0585 e. The van der Waals surface area contributed by atoms with Gasteiger partial charge in [-0.1, -0.05) is 11.6 Å². The van der Waals surface area contributed by atoms with E-state index in [2.05, 4.69) is 28.4 Å². The lowest BCUT2D eigenvalue weighted by Crippen LogP contribution is -1.93. The lowest BCUT2D eigenvalue weighted by Gasteiger charge is -2.10. The van der Waals surface area contributed by atoms with Gasteiger partial charge in [-0.3, -0.25) is 0 Å². The zero-order valence-electron chi connectivity index (χ0n) is 6.68. The molecule has 0 bridgehead atoms. The molecular formula is C9H13NS. The highest BCUT2D eigenvalue weighted by molar-refractivity contribution is 7.78. The van der Waals surface area contributed by atoms with Gasteiger partial charge < -0.3 is 0 Å². The third kappa shape index (κ3) is 3.45. The molecule has 60 valence electrons. The Morgan fingerprint density at radius 2 is 2.45 bits per heavy atom. The van der Waals surface area contributed by atoms with Crippen LogP contribution in [0.2, 0.25) is 0 Å². The van der Waals surface area contributed by atoms with Crippen molar-refractivity contribution in [1.29, 1.82) is 0 Å². The average Bonchev–Trinajstić information content (AvgIpc) is 2.07. The Bertz CT molecular complexity index is 190. The minimum Gasteiger partial charge on any atom is -0.232 e. The topological polar surface area (TPSA) is 12.4 Å². The predicted octanol–water partition coefficient (Wildman–Crippen LogP) is 2.98. The van der Waals surface area contributed by atoms with E-state index in [1.54, 1.807) is 5.57 Å². The minimum absolute atomic E-state index is 0.829. The summed E-state index contributed by atoms with van der Waals surface area (Å²) in [6, 6.07) is 0. The van der Waals surface area contributed by atoms with Crippen molar-refractivity contribution in [2.75, 3.05) is 6.54 Å². The van der Waals surface area contributed by atoms with E-state index in [0.29, 0.717) is 0 Å². The third-order valence-corrected chi connectivity index (χ3v) is 2.12. The van der Waals surface area contributed by atoms with Crippen LogP contribution in [0.25, 0.3) is 0 Å². The smallest absolute Gasteiger partial charge is 0.0585 e. The fourth-order valence-electron chi connectivity index (χ4n) is 1.38. The largest absolute Gasteiger partial charge is 0.232 e. The van der Waals surface area contributed by atoms with Gasteiger partial charge in [0.15, 0.2) is 0 Å². The van der Waals surface area contributed by atoms with Crippen LogP contribution >= 0.6 is 12.2 Å².